The Balaban J connectivity index is 1.73. The first-order chi connectivity index (χ1) is 11.3. The lowest BCUT2D eigenvalue weighted by atomic mass is 10.1. The third-order valence-electron chi connectivity index (χ3n) is 3.80. The van der Waals surface area contributed by atoms with Gasteiger partial charge in [0.2, 0.25) is 0 Å². The van der Waals surface area contributed by atoms with Crippen LogP contribution in [0.3, 0.4) is 0 Å². The van der Waals surface area contributed by atoms with Crippen LogP contribution in [0.15, 0.2) is 93.1 Å². The van der Waals surface area contributed by atoms with E-state index in [1.54, 1.807) is 0 Å². The fourth-order valence-electron chi connectivity index (χ4n) is 2.66. The highest BCUT2D eigenvalue weighted by Crippen LogP contribution is 2.45. The number of hydrogen-bond donors (Lipinski definition) is 0. The van der Waals surface area contributed by atoms with Crippen molar-refractivity contribution in [2.24, 2.45) is 0 Å². The average molecular weight is 397 g/mol. The Labute approximate surface area is 151 Å². The van der Waals surface area contributed by atoms with Crippen LogP contribution < -0.4 is 0 Å². The Morgan fingerprint density at radius 2 is 1.22 bits per heavy atom. The second kappa shape index (κ2) is 6.60. The van der Waals surface area contributed by atoms with Crippen molar-refractivity contribution < 1.29 is 0 Å². The Bertz CT molecular complexity index is 990. The van der Waals surface area contributed by atoms with E-state index in [9.17, 15) is 0 Å². The molecule has 0 N–H and O–H groups in total. The zero-order valence-electron chi connectivity index (χ0n) is 12.2. The highest BCUT2D eigenvalue weighted by molar-refractivity contribution is 9.10. The van der Waals surface area contributed by atoms with Gasteiger partial charge in [0, 0.05) is 14.3 Å². The Morgan fingerprint density at radius 1 is 0.565 bits per heavy atom. The average Bonchev–Trinajstić information content (AvgIpc) is 2.61. The van der Waals surface area contributed by atoms with Gasteiger partial charge >= 0.3 is 0 Å². The van der Waals surface area contributed by atoms with Gasteiger partial charge in [0.15, 0.2) is 0 Å². The Kier molecular flexibility index (Phi) is 4.34. The van der Waals surface area contributed by atoms with Gasteiger partial charge in [-0.1, -0.05) is 88.3 Å². The van der Waals surface area contributed by atoms with Crippen LogP contribution in [0.4, 0.5) is 0 Å². The number of fused-ring (bicyclic) bond motifs is 2. The smallest absolute Gasteiger partial charge is 0.0406 e. The van der Waals surface area contributed by atoms with Crippen LogP contribution >= 0.6 is 37.5 Å². The Morgan fingerprint density at radius 3 is 2.04 bits per heavy atom. The van der Waals surface area contributed by atoms with Crippen LogP contribution in [0.25, 0.3) is 21.5 Å². The van der Waals surface area contributed by atoms with Crippen molar-refractivity contribution in [2.45, 2.75) is 9.79 Å². The molecule has 0 saturated carbocycles. The molecule has 0 aromatic heterocycles. The van der Waals surface area contributed by atoms with E-state index in [0.717, 1.165) is 4.47 Å². The van der Waals surface area contributed by atoms with Gasteiger partial charge in [0.1, 0.15) is 0 Å². The molecule has 0 spiro atoms. The second-order valence-electron chi connectivity index (χ2n) is 5.24. The number of rotatable bonds is 3. The molecule has 4 aromatic carbocycles. The van der Waals surface area contributed by atoms with Gasteiger partial charge < -0.3 is 0 Å². The van der Waals surface area contributed by atoms with E-state index in [1.165, 1.54) is 31.3 Å². The summed E-state index contributed by atoms with van der Waals surface area (Å²) in [5.41, 5.74) is 0. The summed E-state index contributed by atoms with van der Waals surface area (Å²) in [6, 6.07) is 27.9. The molecule has 0 unspecified atom stereocenters. The van der Waals surface area contributed by atoms with Gasteiger partial charge in [-0.25, -0.2) is 0 Å². The summed E-state index contributed by atoms with van der Waals surface area (Å²) in [4.78, 5) is 2.58. The van der Waals surface area contributed by atoms with Crippen molar-refractivity contribution in [1.29, 1.82) is 0 Å². The van der Waals surface area contributed by atoms with Crippen LogP contribution in [-0.4, -0.2) is 0 Å². The maximum Gasteiger partial charge on any atom is 0.0406 e. The molecule has 3 heteroatoms. The Hall–Kier alpha value is -1.42. The minimum absolute atomic E-state index is 1.15. The van der Waals surface area contributed by atoms with E-state index in [-0.39, 0.29) is 0 Å². The van der Waals surface area contributed by atoms with Crippen molar-refractivity contribution in [3.63, 3.8) is 0 Å². The number of hydrogen-bond acceptors (Lipinski definition) is 2. The molecule has 23 heavy (non-hydrogen) atoms. The van der Waals surface area contributed by atoms with E-state index < -0.39 is 0 Å². The molecule has 0 bridgehead atoms. The van der Waals surface area contributed by atoms with Crippen molar-refractivity contribution in [3.05, 3.63) is 83.3 Å². The highest BCUT2D eigenvalue weighted by atomic mass is 79.9. The maximum atomic E-state index is 3.71. The summed E-state index contributed by atoms with van der Waals surface area (Å²) >= 11 is 3.71. The van der Waals surface area contributed by atoms with E-state index in [2.05, 4.69) is 94.8 Å². The van der Waals surface area contributed by atoms with Gasteiger partial charge in [-0.05, 0) is 49.6 Å². The molecular formula is C20H13BrS2. The summed E-state index contributed by atoms with van der Waals surface area (Å²) in [6.45, 7) is 0. The van der Waals surface area contributed by atoms with Gasteiger partial charge in [-0.3, -0.25) is 0 Å². The molecule has 0 atom stereocenters. The maximum absolute atomic E-state index is 3.71. The normalized spacial score (nSPS) is 11.2. The zero-order chi connectivity index (χ0) is 15.6. The topological polar surface area (TPSA) is 0 Å². The number of benzene rings is 4. The lowest BCUT2D eigenvalue weighted by Gasteiger charge is -2.10. The van der Waals surface area contributed by atoms with Gasteiger partial charge in [0.05, 0.1) is 0 Å². The molecule has 4 rings (SSSR count). The summed E-state index contributed by atoms with van der Waals surface area (Å²) in [5.74, 6) is 0. The predicted molar refractivity (Wildman–Crippen MR) is 107 cm³/mol. The quantitative estimate of drug-likeness (QED) is 0.327. The van der Waals surface area contributed by atoms with E-state index in [4.69, 9.17) is 0 Å². The standard InChI is InChI=1S/C20H13BrS2/c21-18-13-12-15-7-2-4-10-17(15)20(18)23-22-19-11-5-8-14-6-1-3-9-16(14)19/h1-13H. The lowest BCUT2D eigenvalue weighted by molar-refractivity contribution is 1.49. The van der Waals surface area contributed by atoms with Crippen LogP contribution in [0.2, 0.25) is 0 Å². The van der Waals surface area contributed by atoms with Gasteiger partial charge in [0.25, 0.3) is 0 Å². The molecule has 0 aliphatic carbocycles. The van der Waals surface area contributed by atoms with Gasteiger partial charge in [-0.15, -0.1) is 0 Å². The largest absolute Gasteiger partial charge is 0.0616 e. The van der Waals surface area contributed by atoms with Crippen LogP contribution in [-0.2, 0) is 0 Å². The summed E-state index contributed by atoms with van der Waals surface area (Å²) in [5, 5.41) is 5.16. The molecule has 0 nitrogen and oxygen atoms in total. The fourth-order valence-corrected chi connectivity index (χ4v) is 6.07. The van der Waals surface area contributed by atoms with E-state index >= 15 is 0 Å². The highest BCUT2D eigenvalue weighted by Gasteiger charge is 2.09. The van der Waals surface area contributed by atoms with Gasteiger partial charge in [-0.2, -0.15) is 0 Å². The minimum atomic E-state index is 1.15. The molecule has 0 radical (unpaired) electrons. The number of halogens is 1. The van der Waals surface area contributed by atoms with Crippen LogP contribution in [0.1, 0.15) is 0 Å². The third-order valence-corrected chi connectivity index (χ3v) is 7.23. The minimum Gasteiger partial charge on any atom is -0.0616 e. The molecule has 0 aliphatic heterocycles. The van der Waals surface area contributed by atoms with Crippen LogP contribution in [0, 0.1) is 0 Å². The van der Waals surface area contributed by atoms with Crippen molar-refractivity contribution in [2.75, 3.05) is 0 Å². The predicted octanol–water partition coefficient (Wildman–Crippen LogP) is 7.55. The van der Waals surface area contributed by atoms with E-state index in [1.807, 2.05) is 21.6 Å². The molecule has 0 saturated heterocycles. The third kappa shape index (κ3) is 3.01. The fraction of sp³-hybridized carbons (Fsp3) is 0. The second-order valence-corrected chi connectivity index (χ2v) is 8.28. The molecule has 0 heterocycles. The molecule has 0 fully saturated rings. The van der Waals surface area contributed by atoms with Crippen molar-refractivity contribution in [1.82, 2.24) is 0 Å². The first-order valence-corrected chi connectivity index (χ1v) is 10.3. The van der Waals surface area contributed by atoms with Crippen molar-refractivity contribution >= 4 is 59.1 Å². The molecule has 4 aromatic rings. The zero-order valence-corrected chi connectivity index (χ0v) is 15.4. The lowest BCUT2D eigenvalue weighted by Crippen LogP contribution is -1.79. The summed E-state index contributed by atoms with van der Waals surface area (Å²) in [7, 11) is 3.63. The van der Waals surface area contributed by atoms with E-state index in [0.29, 0.717) is 0 Å². The summed E-state index contributed by atoms with van der Waals surface area (Å²) < 4.78 is 1.15. The monoisotopic (exact) mass is 396 g/mol. The molecular weight excluding hydrogens is 384 g/mol. The molecule has 0 aliphatic rings. The molecule has 112 valence electrons. The SMILES string of the molecule is Brc1ccc2ccccc2c1SSc1cccc2ccccc12. The van der Waals surface area contributed by atoms with Crippen molar-refractivity contribution in [3.8, 4) is 0 Å². The first-order valence-electron chi connectivity index (χ1n) is 7.32. The summed E-state index contributed by atoms with van der Waals surface area (Å²) in [6.07, 6.45) is 0. The first kappa shape index (κ1) is 15.1. The molecule has 0 amide bonds. The van der Waals surface area contributed by atoms with Crippen LogP contribution in [0.5, 0.6) is 0 Å².